The smallest absolute Gasteiger partial charge is 0.416 e. The molecule has 0 aliphatic carbocycles. The average molecular weight is 415 g/mol. The summed E-state index contributed by atoms with van der Waals surface area (Å²) in [4.78, 5) is 14.5. The van der Waals surface area contributed by atoms with Gasteiger partial charge in [-0.15, -0.1) is 11.8 Å². The van der Waals surface area contributed by atoms with Gasteiger partial charge in [0.1, 0.15) is 17.9 Å². The van der Waals surface area contributed by atoms with Gasteiger partial charge in [0.05, 0.1) is 23.5 Å². The normalized spacial score (nSPS) is 12.6. The Morgan fingerprint density at radius 3 is 2.15 bits per heavy atom. The molecule has 0 fully saturated rings. The molecule has 0 saturated carbocycles. The number of halogens is 6. The molecule has 27 heavy (non-hydrogen) atoms. The van der Waals surface area contributed by atoms with Crippen LogP contribution < -0.4 is 0 Å². The average Bonchev–Trinajstić information content (AvgIpc) is 2.56. The van der Waals surface area contributed by atoms with Gasteiger partial charge in [-0.3, -0.25) is 9.79 Å². The first-order valence-corrected chi connectivity index (χ1v) is 8.46. The fraction of sp³-hybridized carbons (Fsp3) is 0.375. The number of rotatable bonds is 8. The Morgan fingerprint density at radius 1 is 1.15 bits per heavy atom. The minimum atomic E-state index is -4.97. The van der Waals surface area contributed by atoms with Gasteiger partial charge in [0, 0.05) is 5.56 Å². The predicted molar refractivity (Wildman–Crippen MR) is 89.0 cm³/mol. The van der Waals surface area contributed by atoms with Crippen molar-refractivity contribution in [1.29, 1.82) is 0 Å². The van der Waals surface area contributed by atoms with Crippen LogP contribution >= 0.6 is 11.8 Å². The number of aliphatic imine (C=N–C) groups is 1. The van der Waals surface area contributed by atoms with Crippen molar-refractivity contribution in [2.75, 3.05) is 18.3 Å². The molecule has 0 heterocycles. The number of hydrogen-bond donors (Lipinski definition) is 0. The summed E-state index contributed by atoms with van der Waals surface area (Å²) in [6, 6.07) is 1.05. The summed E-state index contributed by atoms with van der Waals surface area (Å²) in [5.74, 6) is -0.603. The third-order valence-electron chi connectivity index (χ3n) is 2.93. The largest absolute Gasteiger partial charge is 0.488 e. The van der Waals surface area contributed by atoms with Crippen molar-refractivity contribution in [3.63, 3.8) is 0 Å². The van der Waals surface area contributed by atoms with E-state index in [1.165, 1.54) is 0 Å². The maximum Gasteiger partial charge on any atom is 0.416 e. The van der Waals surface area contributed by atoms with Crippen molar-refractivity contribution in [3.8, 4) is 0 Å². The molecule has 0 amide bonds. The first-order valence-electron chi connectivity index (χ1n) is 7.30. The molecule has 1 aromatic rings. The Morgan fingerprint density at radius 2 is 1.70 bits per heavy atom. The standard InChI is InChI=1S/C16H15F6NO3S/c1-3-26-14(24)8-27-9-25-7-13(23-2)10-4-11(15(17,18)19)6-12(5-10)16(20,21)22/h4-7H,2-3,8-9H2,1H3/b13-7-. The highest BCUT2D eigenvalue weighted by Crippen LogP contribution is 2.37. The first-order chi connectivity index (χ1) is 12.5. The molecule has 0 atom stereocenters. The number of benzene rings is 1. The molecule has 0 aromatic heterocycles. The highest BCUT2D eigenvalue weighted by molar-refractivity contribution is 7.99. The Balaban J connectivity index is 2.99. The number of nitrogens with zero attached hydrogens (tertiary/aromatic N) is 1. The van der Waals surface area contributed by atoms with E-state index in [0.717, 1.165) is 18.0 Å². The van der Waals surface area contributed by atoms with Crippen molar-refractivity contribution in [3.05, 3.63) is 41.2 Å². The summed E-state index contributed by atoms with van der Waals surface area (Å²) in [7, 11) is 0. The van der Waals surface area contributed by atoms with Crippen LogP contribution in [0.4, 0.5) is 26.3 Å². The molecular weight excluding hydrogens is 400 g/mol. The molecule has 0 spiro atoms. The van der Waals surface area contributed by atoms with Crippen LogP contribution in [-0.4, -0.2) is 31.0 Å². The highest BCUT2D eigenvalue weighted by Gasteiger charge is 2.37. The molecule has 0 aliphatic heterocycles. The van der Waals surface area contributed by atoms with Gasteiger partial charge in [-0.2, -0.15) is 26.3 Å². The Bertz CT molecular complexity index is 668. The van der Waals surface area contributed by atoms with Gasteiger partial charge in [-0.25, -0.2) is 0 Å². The van der Waals surface area contributed by atoms with Crippen LogP contribution in [0.1, 0.15) is 23.6 Å². The van der Waals surface area contributed by atoms with Crippen LogP contribution in [0.3, 0.4) is 0 Å². The zero-order valence-electron chi connectivity index (χ0n) is 14.0. The Labute approximate surface area is 155 Å². The van der Waals surface area contributed by atoms with E-state index in [4.69, 9.17) is 4.74 Å². The van der Waals surface area contributed by atoms with E-state index in [2.05, 4.69) is 16.4 Å². The zero-order valence-corrected chi connectivity index (χ0v) is 14.8. The molecule has 0 saturated heterocycles. The molecule has 1 aromatic carbocycles. The highest BCUT2D eigenvalue weighted by atomic mass is 32.2. The van der Waals surface area contributed by atoms with Crippen molar-refractivity contribution < 1.29 is 40.6 Å². The minimum Gasteiger partial charge on any atom is -0.488 e. The quantitative estimate of drug-likeness (QED) is 0.150. The zero-order chi connectivity index (χ0) is 20.7. The monoisotopic (exact) mass is 415 g/mol. The molecule has 0 unspecified atom stereocenters. The van der Waals surface area contributed by atoms with E-state index in [1.54, 1.807) is 6.92 Å². The molecular formula is C16H15F6NO3S. The number of carbonyl (C=O) groups excluding carboxylic acids is 1. The lowest BCUT2D eigenvalue weighted by atomic mass is 10.0. The van der Waals surface area contributed by atoms with Gasteiger partial charge < -0.3 is 9.47 Å². The van der Waals surface area contributed by atoms with Crippen LogP contribution in [0.5, 0.6) is 0 Å². The Kier molecular flexibility index (Phi) is 8.20. The van der Waals surface area contributed by atoms with Gasteiger partial charge in [-0.1, -0.05) is 0 Å². The SMILES string of the molecule is C=N/C(=C\OCSCC(=O)OCC)c1cc(C(F)(F)F)cc(C(F)(F)F)c1. The van der Waals surface area contributed by atoms with E-state index in [-0.39, 0.29) is 30.1 Å². The summed E-state index contributed by atoms with van der Waals surface area (Å²) < 4.78 is 87.0. The van der Waals surface area contributed by atoms with E-state index in [1.807, 2.05) is 0 Å². The Hall–Kier alpha value is -2.17. The summed E-state index contributed by atoms with van der Waals surface area (Å²) in [6.07, 6.45) is -9.07. The molecule has 0 N–H and O–H groups in total. The van der Waals surface area contributed by atoms with Gasteiger partial charge >= 0.3 is 18.3 Å². The summed E-state index contributed by atoms with van der Waals surface area (Å²) in [6.45, 7) is 4.97. The van der Waals surface area contributed by atoms with Crippen LogP contribution in [0.15, 0.2) is 29.5 Å². The minimum absolute atomic E-state index is 0.0141. The summed E-state index contributed by atoms with van der Waals surface area (Å²) >= 11 is 1.00. The van der Waals surface area contributed by atoms with E-state index in [0.29, 0.717) is 12.1 Å². The number of thioether (sulfide) groups is 1. The number of esters is 1. The molecule has 11 heteroatoms. The second-order valence-electron chi connectivity index (χ2n) is 4.89. The molecule has 0 bridgehead atoms. The van der Waals surface area contributed by atoms with Crippen molar-refractivity contribution >= 4 is 30.1 Å². The van der Waals surface area contributed by atoms with Gasteiger partial charge in [0.2, 0.25) is 0 Å². The predicted octanol–water partition coefficient (Wildman–Crippen LogP) is 4.99. The van der Waals surface area contributed by atoms with Gasteiger partial charge in [0.15, 0.2) is 0 Å². The fourth-order valence-corrected chi connectivity index (χ4v) is 2.29. The lowest BCUT2D eigenvalue weighted by Crippen LogP contribution is -2.11. The van der Waals surface area contributed by atoms with E-state index >= 15 is 0 Å². The molecule has 0 aliphatic rings. The van der Waals surface area contributed by atoms with Crippen LogP contribution in [0.2, 0.25) is 0 Å². The van der Waals surface area contributed by atoms with E-state index in [9.17, 15) is 31.1 Å². The third-order valence-corrected chi connectivity index (χ3v) is 3.67. The van der Waals surface area contributed by atoms with Crippen molar-refractivity contribution in [2.24, 2.45) is 4.99 Å². The molecule has 1 rings (SSSR count). The molecule has 0 radical (unpaired) electrons. The number of hydrogen-bond acceptors (Lipinski definition) is 5. The summed E-state index contributed by atoms with van der Waals surface area (Å²) in [5.41, 5.74) is -3.72. The summed E-state index contributed by atoms with van der Waals surface area (Å²) in [5, 5.41) is 0. The van der Waals surface area contributed by atoms with Gasteiger partial charge in [0.25, 0.3) is 0 Å². The fourth-order valence-electron chi connectivity index (χ4n) is 1.79. The number of carbonyl (C=O) groups is 1. The number of ether oxygens (including phenoxy) is 2. The van der Waals surface area contributed by atoms with Crippen LogP contribution in [0, 0.1) is 0 Å². The van der Waals surface area contributed by atoms with Crippen LogP contribution in [-0.2, 0) is 26.6 Å². The first kappa shape index (κ1) is 22.9. The second-order valence-corrected chi connectivity index (χ2v) is 5.83. The van der Waals surface area contributed by atoms with Crippen LogP contribution in [0.25, 0.3) is 5.70 Å². The van der Waals surface area contributed by atoms with E-state index < -0.39 is 35.0 Å². The van der Waals surface area contributed by atoms with Crippen molar-refractivity contribution in [2.45, 2.75) is 19.3 Å². The topological polar surface area (TPSA) is 47.9 Å². The maximum absolute atomic E-state index is 12.9. The van der Waals surface area contributed by atoms with Crippen molar-refractivity contribution in [1.82, 2.24) is 0 Å². The lowest BCUT2D eigenvalue weighted by molar-refractivity contribution is -0.143. The lowest BCUT2D eigenvalue weighted by Gasteiger charge is -2.14. The molecule has 150 valence electrons. The third kappa shape index (κ3) is 7.53. The number of alkyl halides is 6. The maximum atomic E-state index is 12.9. The van der Waals surface area contributed by atoms with Gasteiger partial charge in [-0.05, 0) is 31.8 Å². The molecule has 4 nitrogen and oxygen atoms in total. The second kappa shape index (κ2) is 9.67.